The Labute approximate surface area is 178 Å². The van der Waals surface area contributed by atoms with Gasteiger partial charge in [0.25, 0.3) is 5.91 Å². The fraction of sp³-hybridized carbons (Fsp3) is 0.409. The van der Waals surface area contributed by atoms with Crippen molar-refractivity contribution in [1.82, 2.24) is 19.4 Å². The molecule has 30 heavy (non-hydrogen) atoms. The van der Waals surface area contributed by atoms with Gasteiger partial charge in [0.2, 0.25) is 5.91 Å². The molecule has 0 bridgehead atoms. The number of nitrogens with zero attached hydrogens (tertiary/aromatic N) is 3. The van der Waals surface area contributed by atoms with Crippen LogP contribution in [0.1, 0.15) is 36.5 Å². The Hall–Kier alpha value is -2.87. The number of amides is 2. The van der Waals surface area contributed by atoms with Gasteiger partial charge in [-0.15, -0.1) is 0 Å². The van der Waals surface area contributed by atoms with Crippen LogP contribution >= 0.6 is 11.3 Å². The molecule has 0 atom stereocenters. The molecule has 1 aliphatic rings. The van der Waals surface area contributed by atoms with Crippen LogP contribution in [0.2, 0.25) is 0 Å². The number of carbonyl (C=O) groups is 2. The maximum atomic E-state index is 12.7. The van der Waals surface area contributed by atoms with Crippen LogP contribution in [0.25, 0.3) is 11.0 Å². The van der Waals surface area contributed by atoms with Gasteiger partial charge in [-0.05, 0) is 43.3 Å². The highest BCUT2D eigenvalue weighted by molar-refractivity contribution is 7.08. The number of likely N-dealkylation sites (tertiary alicyclic amines) is 1. The molecule has 0 saturated carbocycles. The van der Waals surface area contributed by atoms with Crippen molar-refractivity contribution in [3.8, 4) is 0 Å². The van der Waals surface area contributed by atoms with Crippen LogP contribution < -0.4 is 11.0 Å². The molecule has 2 aromatic heterocycles. The van der Waals surface area contributed by atoms with Crippen molar-refractivity contribution in [2.75, 3.05) is 13.1 Å². The van der Waals surface area contributed by atoms with Gasteiger partial charge in [-0.25, -0.2) is 4.79 Å². The average Bonchev–Trinajstić information content (AvgIpc) is 3.39. The number of rotatable bonds is 6. The summed E-state index contributed by atoms with van der Waals surface area (Å²) in [6.07, 6.45) is 1.79. The van der Waals surface area contributed by atoms with Crippen LogP contribution in [-0.4, -0.2) is 45.0 Å². The van der Waals surface area contributed by atoms with Crippen molar-refractivity contribution in [3.63, 3.8) is 0 Å². The van der Waals surface area contributed by atoms with E-state index in [0.717, 1.165) is 23.9 Å². The first kappa shape index (κ1) is 20.4. The fourth-order valence-corrected chi connectivity index (χ4v) is 4.73. The summed E-state index contributed by atoms with van der Waals surface area (Å²) in [6.45, 7) is 4.17. The van der Waals surface area contributed by atoms with Crippen LogP contribution in [0, 0.1) is 0 Å². The number of carbonyl (C=O) groups excluding carboxylic acids is 2. The van der Waals surface area contributed by atoms with E-state index in [4.69, 9.17) is 0 Å². The SMILES string of the molecule is CCn1c(=O)n(CCC(=O)N2CCC(NC(=O)c3ccsc3)CC2)c2ccccc21. The van der Waals surface area contributed by atoms with Crippen LogP contribution in [0.15, 0.2) is 45.9 Å². The summed E-state index contributed by atoms with van der Waals surface area (Å²) in [4.78, 5) is 39.5. The topological polar surface area (TPSA) is 76.3 Å². The largest absolute Gasteiger partial charge is 0.349 e. The van der Waals surface area contributed by atoms with Crippen molar-refractivity contribution in [1.29, 1.82) is 0 Å². The fourth-order valence-electron chi connectivity index (χ4n) is 4.10. The third-order valence-electron chi connectivity index (χ3n) is 5.76. The number of aryl methyl sites for hydroxylation is 2. The Morgan fingerprint density at radius 2 is 1.80 bits per heavy atom. The second-order valence-corrected chi connectivity index (χ2v) is 8.34. The van der Waals surface area contributed by atoms with Gasteiger partial charge in [0.15, 0.2) is 0 Å². The zero-order valence-electron chi connectivity index (χ0n) is 17.0. The van der Waals surface area contributed by atoms with E-state index in [1.54, 1.807) is 9.13 Å². The maximum Gasteiger partial charge on any atom is 0.329 e. The molecular weight excluding hydrogens is 400 g/mol. The van der Waals surface area contributed by atoms with Gasteiger partial charge in [0.05, 0.1) is 11.0 Å². The highest BCUT2D eigenvalue weighted by atomic mass is 32.1. The van der Waals surface area contributed by atoms with Gasteiger partial charge in [-0.1, -0.05) is 12.1 Å². The molecule has 0 unspecified atom stereocenters. The number of hydrogen-bond donors (Lipinski definition) is 1. The first-order valence-corrected chi connectivity index (χ1v) is 11.3. The third kappa shape index (κ3) is 4.05. The molecule has 2 amide bonds. The van der Waals surface area contributed by atoms with Gasteiger partial charge in [-0.2, -0.15) is 11.3 Å². The molecular formula is C22H26N4O3S. The van der Waals surface area contributed by atoms with Crippen molar-refractivity contribution >= 4 is 34.2 Å². The monoisotopic (exact) mass is 426 g/mol. The van der Waals surface area contributed by atoms with E-state index in [9.17, 15) is 14.4 Å². The second-order valence-electron chi connectivity index (χ2n) is 7.56. The summed E-state index contributed by atoms with van der Waals surface area (Å²) in [5.74, 6) is 0.00515. The molecule has 4 rings (SSSR count). The molecule has 1 saturated heterocycles. The van der Waals surface area contributed by atoms with Crippen molar-refractivity contribution in [2.24, 2.45) is 0 Å². The number of fused-ring (bicyclic) bond motifs is 1. The molecule has 1 aromatic carbocycles. The molecule has 158 valence electrons. The first-order valence-electron chi connectivity index (χ1n) is 10.4. The smallest absolute Gasteiger partial charge is 0.329 e. The minimum atomic E-state index is -0.0682. The maximum absolute atomic E-state index is 12.7. The minimum absolute atomic E-state index is 0.0484. The highest BCUT2D eigenvalue weighted by Crippen LogP contribution is 2.16. The van der Waals surface area contributed by atoms with E-state index in [-0.39, 0.29) is 23.5 Å². The van der Waals surface area contributed by atoms with Gasteiger partial charge in [0.1, 0.15) is 0 Å². The average molecular weight is 427 g/mol. The number of thiophene rings is 1. The van der Waals surface area contributed by atoms with Crippen molar-refractivity contribution < 1.29 is 9.59 Å². The number of hydrogen-bond acceptors (Lipinski definition) is 4. The van der Waals surface area contributed by atoms with Gasteiger partial charge in [0, 0.05) is 49.6 Å². The number of piperidine rings is 1. The van der Waals surface area contributed by atoms with Gasteiger partial charge >= 0.3 is 5.69 Å². The third-order valence-corrected chi connectivity index (χ3v) is 6.44. The van der Waals surface area contributed by atoms with Crippen LogP contribution in [0.4, 0.5) is 0 Å². The number of nitrogens with one attached hydrogen (secondary N) is 1. The standard InChI is InChI=1S/C22H26N4O3S/c1-2-25-18-5-3-4-6-19(18)26(22(25)29)13-9-20(27)24-11-7-17(8-12-24)23-21(28)16-10-14-30-15-16/h3-6,10,14-15,17H,2,7-9,11-13H2,1H3,(H,23,28). The molecule has 7 nitrogen and oxygen atoms in total. The zero-order chi connectivity index (χ0) is 21.1. The Morgan fingerprint density at radius 1 is 1.10 bits per heavy atom. The molecule has 1 aliphatic heterocycles. The van der Waals surface area contributed by atoms with Crippen molar-refractivity contribution in [3.05, 3.63) is 57.1 Å². The summed E-state index contributed by atoms with van der Waals surface area (Å²) >= 11 is 1.50. The molecule has 8 heteroatoms. The van der Waals surface area contributed by atoms with Crippen molar-refractivity contribution in [2.45, 2.75) is 45.3 Å². The normalized spacial score (nSPS) is 14.9. The van der Waals surface area contributed by atoms with E-state index >= 15 is 0 Å². The number of para-hydroxylation sites is 2. The zero-order valence-corrected chi connectivity index (χ0v) is 17.9. The van der Waals surface area contributed by atoms with Crippen LogP contribution in [0.3, 0.4) is 0 Å². The molecule has 0 radical (unpaired) electrons. The first-order chi connectivity index (χ1) is 14.6. The highest BCUT2D eigenvalue weighted by Gasteiger charge is 2.24. The second kappa shape index (κ2) is 8.87. The summed E-state index contributed by atoms with van der Waals surface area (Å²) < 4.78 is 3.44. The molecule has 0 aliphatic carbocycles. The van der Waals surface area contributed by atoms with Gasteiger partial charge in [-0.3, -0.25) is 18.7 Å². The predicted molar refractivity (Wildman–Crippen MR) is 118 cm³/mol. The lowest BCUT2D eigenvalue weighted by molar-refractivity contribution is -0.132. The molecule has 3 heterocycles. The predicted octanol–water partition coefficient (Wildman–Crippen LogP) is 2.70. The quantitative estimate of drug-likeness (QED) is 0.658. The van der Waals surface area contributed by atoms with Crippen LogP contribution in [0.5, 0.6) is 0 Å². The number of aromatic nitrogens is 2. The van der Waals surface area contributed by atoms with Gasteiger partial charge < -0.3 is 10.2 Å². The lowest BCUT2D eigenvalue weighted by atomic mass is 10.0. The summed E-state index contributed by atoms with van der Waals surface area (Å²) in [6, 6.07) is 9.60. The molecule has 1 N–H and O–H groups in total. The summed E-state index contributed by atoms with van der Waals surface area (Å²) in [5, 5.41) is 6.78. The minimum Gasteiger partial charge on any atom is -0.349 e. The summed E-state index contributed by atoms with van der Waals surface area (Å²) in [7, 11) is 0. The van der Waals surface area contributed by atoms with E-state index in [0.29, 0.717) is 38.2 Å². The number of benzene rings is 1. The summed E-state index contributed by atoms with van der Waals surface area (Å²) in [5.41, 5.74) is 2.39. The molecule has 3 aromatic rings. The lowest BCUT2D eigenvalue weighted by Gasteiger charge is -2.32. The Kier molecular flexibility index (Phi) is 6.03. The number of imidazole rings is 1. The Morgan fingerprint density at radius 3 is 2.43 bits per heavy atom. The van der Waals surface area contributed by atoms with E-state index in [1.165, 1.54) is 11.3 Å². The Bertz CT molecular complexity index is 1090. The molecule has 1 fully saturated rings. The van der Waals surface area contributed by atoms with E-state index < -0.39 is 0 Å². The molecule has 0 spiro atoms. The lowest BCUT2D eigenvalue weighted by Crippen LogP contribution is -2.46. The van der Waals surface area contributed by atoms with Crippen LogP contribution in [-0.2, 0) is 17.9 Å². The van der Waals surface area contributed by atoms with E-state index in [2.05, 4.69) is 5.32 Å². The Balaban J connectivity index is 1.33. The van der Waals surface area contributed by atoms with E-state index in [1.807, 2.05) is 52.9 Å².